The Kier molecular flexibility index (Phi) is 4.57. The molecule has 4 aliphatic carbocycles. The fourth-order valence-corrected chi connectivity index (χ4v) is 8.06. The van der Waals surface area contributed by atoms with Gasteiger partial charge in [0.25, 0.3) is 0 Å². The van der Waals surface area contributed by atoms with Crippen molar-refractivity contribution in [1.82, 2.24) is 0 Å². The van der Waals surface area contributed by atoms with Gasteiger partial charge in [-0.1, -0.05) is 30.7 Å². The minimum Gasteiger partial charge on any atom is -0.411 e. The predicted octanol–water partition coefficient (Wildman–Crippen LogP) is 5.49. The second-order valence-electron chi connectivity index (χ2n) is 11.7. The minimum absolute atomic E-state index is 0.346. The molecule has 0 aromatic heterocycles. The Hall–Kier alpha value is -0.830. The SMILES string of the molecule is CC(=NO)[C@@H]1CC[C@@H]2[C@H]3CC=C4C[C@H]([N+](C)(C)C)CC[C@]4(C)[C@@H]3CC[C@]21C. The lowest BCUT2D eigenvalue weighted by Gasteiger charge is -2.58. The highest BCUT2D eigenvalue weighted by Crippen LogP contribution is 2.66. The molecule has 4 aliphatic rings. The van der Waals surface area contributed by atoms with Gasteiger partial charge in [-0.25, -0.2) is 0 Å². The van der Waals surface area contributed by atoms with Crippen molar-refractivity contribution in [3.05, 3.63) is 11.6 Å². The van der Waals surface area contributed by atoms with Crippen LogP contribution in [0.5, 0.6) is 0 Å². The van der Waals surface area contributed by atoms with Crippen molar-refractivity contribution < 1.29 is 9.69 Å². The molecule has 1 N–H and O–H groups in total. The van der Waals surface area contributed by atoms with Crippen LogP contribution in [-0.4, -0.2) is 42.6 Å². The molecule has 4 rings (SSSR count). The van der Waals surface area contributed by atoms with E-state index < -0.39 is 0 Å². The maximum atomic E-state index is 9.40. The molecule has 0 heterocycles. The third kappa shape index (κ3) is 2.82. The van der Waals surface area contributed by atoms with Gasteiger partial charge >= 0.3 is 0 Å². The fraction of sp³-hybridized carbons (Fsp3) is 0.875. The lowest BCUT2D eigenvalue weighted by Crippen LogP contribution is -2.54. The Morgan fingerprint density at radius 3 is 2.48 bits per heavy atom. The van der Waals surface area contributed by atoms with E-state index in [9.17, 15) is 5.21 Å². The smallest absolute Gasteiger partial charge is 0.0922 e. The molecule has 0 aromatic rings. The molecule has 7 atom stereocenters. The molecule has 0 aliphatic heterocycles. The van der Waals surface area contributed by atoms with Crippen LogP contribution in [0, 0.1) is 34.5 Å². The second kappa shape index (κ2) is 6.34. The van der Waals surface area contributed by atoms with E-state index in [-0.39, 0.29) is 0 Å². The molecular formula is C24H41N2O+. The molecule has 3 saturated carbocycles. The minimum atomic E-state index is 0.346. The largest absolute Gasteiger partial charge is 0.411 e. The van der Waals surface area contributed by atoms with Gasteiger partial charge in [0.2, 0.25) is 0 Å². The van der Waals surface area contributed by atoms with Gasteiger partial charge in [0.15, 0.2) is 0 Å². The van der Waals surface area contributed by atoms with E-state index in [0.29, 0.717) is 16.7 Å². The summed E-state index contributed by atoms with van der Waals surface area (Å²) in [7, 11) is 7.11. The number of nitrogens with zero attached hydrogens (tertiary/aromatic N) is 2. The number of hydrogen-bond donors (Lipinski definition) is 1. The van der Waals surface area contributed by atoms with E-state index in [0.717, 1.165) is 34.0 Å². The first-order valence-electron chi connectivity index (χ1n) is 11.3. The molecular weight excluding hydrogens is 332 g/mol. The molecule has 0 unspecified atom stereocenters. The number of oxime groups is 1. The summed E-state index contributed by atoms with van der Waals surface area (Å²) in [6.07, 6.45) is 13.3. The van der Waals surface area contributed by atoms with Gasteiger partial charge < -0.3 is 9.69 Å². The van der Waals surface area contributed by atoms with Crippen molar-refractivity contribution >= 4 is 5.71 Å². The Morgan fingerprint density at radius 2 is 1.81 bits per heavy atom. The van der Waals surface area contributed by atoms with Crippen LogP contribution in [0.4, 0.5) is 0 Å². The van der Waals surface area contributed by atoms with E-state index in [4.69, 9.17) is 0 Å². The molecule has 0 aromatic carbocycles. The van der Waals surface area contributed by atoms with E-state index >= 15 is 0 Å². The lowest BCUT2D eigenvalue weighted by molar-refractivity contribution is -0.897. The van der Waals surface area contributed by atoms with Crippen molar-refractivity contribution in [2.75, 3.05) is 21.1 Å². The van der Waals surface area contributed by atoms with Gasteiger partial charge in [-0.2, -0.15) is 0 Å². The van der Waals surface area contributed by atoms with Crippen LogP contribution in [0.15, 0.2) is 16.8 Å². The summed E-state index contributed by atoms with van der Waals surface area (Å²) in [5.41, 5.74) is 3.55. The standard InChI is InChI=1S/C24H40N2O/c1-16(25-27)20-9-10-21-19-8-7-17-15-18(26(4,5)6)11-13-23(17,2)22(19)12-14-24(20,21)3/h7,18-22H,8-15H2,1-6H3/p+1/t18-,19-,20+,21-,22-,23+,24+/m1/s1. The van der Waals surface area contributed by atoms with Crippen molar-refractivity contribution in [1.29, 1.82) is 0 Å². The zero-order valence-corrected chi connectivity index (χ0v) is 18.5. The number of allylic oxidation sites excluding steroid dienone is 1. The monoisotopic (exact) mass is 373 g/mol. The molecule has 0 saturated heterocycles. The summed E-state index contributed by atoms with van der Waals surface area (Å²) >= 11 is 0. The molecule has 0 radical (unpaired) electrons. The zero-order chi connectivity index (χ0) is 19.6. The Bertz CT molecular complexity index is 660. The van der Waals surface area contributed by atoms with E-state index in [1.54, 1.807) is 5.57 Å². The number of hydrogen-bond acceptors (Lipinski definition) is 2. The highest BCUT2D eigenvalue weighted by Gasteiger charge is 2.59. The summed E-state index contributed by atoms with van der Waals surface area (Å²) in [5, 5.41) is 13.0. The predicted molar refractivity (Wildman–Crippen MR) is 112 cm³/mol. The van der Waals surface area contributed by atoms with Crippen LogP contribution >= 0.6 is 0 Å². The molecule has 27 heavy (non-hydrogen) atoms. The quantitative estimate of drug-likeness (QED) is 0.224. The average Bonchev–Trinajstić information content (AvgIpc) is 2.96. The summed E-state index contributed by atoms with van der Waals surface area (Å²) in [4.78, 5) is 0. The summed E-state index contributed by atoms with van der Waals surface area (Å²) in [5.74, 6) is 3.01. The normalized spacial score (nSPS) is 47.7. The van der Waals surface area contributed by atoms with Gasteiger partial charge in [0.05, 0.1) is 32.9 Å². The molecule has 3 fully saturated rings. The van der Waals surface area contributed by atoms with Crippen LogP contribution in [-0.2, 0) is 0 Å². The third-order valence-corrected chi connectivity index (χ3v) is 9.84. The van der Waals surface area contributed by atoms with Crippen molar-refractivity contribution in [2.24, 2.45) is 39.7 Å². The topological polar surface area (TPSA) is 32.6 Å². The first kappa shape index (κ1) is 19.5. The molecule has 3 heteroatoms. The third-order valence-electron chi connectivity index (χ3n) is 9.84. The van der Waals surface area contributed by atoms with E-state index in [1.165, 1.54) is 51.4 Å². The second-order valence-corrected chi connectivity index (χ2v) is 11.7. The van der Waals surface area contributed by atoms with Gasteiger partial charge in [-0.05, 0) is 74.0 Å². The first-order chi connectivity index (χ1) is 12.6. The first-order valence-corrected chi connectivity index (χ1v) is 11.3. The number of fused-ring (bicyclic) bond motifs is 5. The lowest BCUT2D eigenvalue weighted by atomic mass is 9.47. The van der Waals surface area contributed by atoms with Crippen LogP contribution in [0.2, 0.25) is 0 Å². The summed E-state index contributed by atoms with van der Waals surface area (Å²) < 4.78 is 1.10. The highest BCUT2D eigenvalue weighted by atomic mass is 16.4. The van der Waals surface area contributed by atoms with E-state index in [1.807, 2.05) is 6.92 Å². The molecule has 152 valence electrons. The van der Waals surface area contributed by atoms with Gasteiger partial charge in [0.1, 0.15) is 0 Å². The number of rotatable bonds is 2. The fourth-order valence-electron chi connectivity index (χ4n) is 8.06. The van der Waals surface area contributed by atoms with Crippen molar-refractivity contribution in [2.45, 2.75) is 78.2 Å². The molecule has 3 nitrogen and oxygen atoms in total. The van der Waals surface area contributed by atoms with Crippen LogP contribution in [0.3, 0.4) is 0 Å². The molecule has 0 amide bonds. The summed E-state index contributed by atoms with van der Waals surface area (Å²) in [6, 6.07) is 0.786. The van der Waals surface area contributed by atoms with E-state index in [2.05, 4.69) is 46.2 Å². The highest BCUT2D eigenvalue weighted by molar-refractivity contribution is 5.85. The van der Waals surface area contributed by atoms with Crippen molar-refractivity contribution in [3.8, 4) is 0 Å². The molecule has 0 spiro atoms. The number of quaternary nitrogens is 1. The Balaban J connectivity index is 1.61. The maximum absolute atomic E-state index is 9.40. The molecule has 0 bridgehead atoms. The van der Waals surface area contributed by atoms with Gasteiger partial charge in [-0.15, -0.1) is 0 Å². The van der Waals surface area contributed by atoms with Crippen molar-refractivity contribution in [3.63, 3.8) is 0 Å². The van der Waals surface area contributed by atoms with Gasteiger partial charge in [0, 0.05) is 18.8 Å². The Labute approximate surface area is 166 Å². The van der Waals surface area contributed by atoms with Crippen LogP contribution in [0.25, 0.3) is 0 Å². The Morgan fingerprint density at radius 1 is 1.07 bits per heavy atom. The maximum Gasteiger partial charge on any atom is 0.0922 e. The van der Waals surface area contributed by atoms with Gasteiger partial charge in [-0.3, -0.25) is 0 Å². The van der Waals surface area contributed by atoms with Crippen LogP contribution < -0.4 is 0 Å². The summed E-state index contributed by atoms with van der Waals surface area (Å²) in [6.45, 7) is 7.16. The van der Waals surface area contributed by atoms with Crippen LogP contribution in [0.1, 0.15) is 72.1 Å². The average molecular weight is 374 g/mol. The zero-order valence-electron chi connectivity index (χ0n) is 18.5.